The van der Waals surface area contributed by atoms with E-state index >= 15 is 0 Å². The van der Waals surface area contributed by atoms with Gasteiger partial charge in [-0.05, 0) is 41.8 Å². The molecule has 3 aromatic rings. The van der Waals surface area contributed by atoms with Crippen molar-refractivity contribution in [1.82, 2.24) is 14.4 Å². The number of nitrogens with zero attached hydrogens (tertiary/aromatic N) is 3. The zero-order valence-electron chi connectivity index (χ0n) is 16.6. The molecule has 1 aromatic heterocycles. The van der Waals surface area contributed by atoms with Crippen LogP contribution in [0.2, 0.25) is 10.0 Å². The fraction of sp³-hybridized carbons (Fsp3) is 0.381. The number of hydrogen-bond acceptors (Lipinski definition) is 4. The van der Waals surface area contributed by atoms with Crippen molar-refractivity contribution in [2.24, 2.45) is 7.05 Å². The summed E-state index contributed by atoms with van der Waals surface area (Å²) in [6, 6.07) is 12.1. The second-order valence-corrected chi connectivity index (χ2v) is 9.17. The van der Waals surface area contributed by atoms with Crippen molar-refractivity contribution in [3.63, 3.8) is 0 Å². The molecule has 4 nitrogen and oxygen atoms in total. The second-order valence-electron chi connectivity index (χ2n) is 7.33. The molecule has 2 heterocycles. The van der Waals surface area contributed by atoms with Gasteiger partial charge in [0.05, 0.1) is 10.2 Å². The van der Waals surface area contributed by atoms with Gasteiger partial charge >= 0.3 is 4.87 Å². The Morgan fingerprint density at radius 3 is 2.37 bits per heavy atom. The van der Waals surface area contributed by atoms with E-state index in [0.717, 1.165) is 66.5 Å². The van der Waals surface area contributed by atoms with Gasteiger partial charge in [0.25, 0.3) is 0 Å². The highest BCUT2D eigenvalue weighted by atomic mass is 35.5. The molecule has 1 saturated heterocycles. The number of benzene rings is 2. The molecule has 2 aromatic carbocycles. The lowest BCUT2D eigenvalue weighted by atomic mass is 10.1. The summed E-state index contributed by atoms with van der Waals surface area (Å²) in [5, 5.41) is 1.42. The van der Waals surface area contributed by atoms with Gasteiger partial charge in [-0.15, -0.1) is 24.8 Å². The Bertz CT molecular complexity index is 1040. The first-order valence-electron chi connectivity index (χ1n) is 9.47. The molecule has 0 radical (unpaired) electrons. The number of aryl methyl sites for hydroxylation is 1. The highest BCUT2D eigenvalue weighted by Crippen LogP contribution is 2.23. The first-order valence-corrected chi connectivity index (χ1v) is 11.0. The van der Waals surface area contributed by atoms with Crippen LogP contribution in [0.5, 0.6) is 0 Å². The lowest BCUT2D eigenvalue weighted by Crippen LogP contribution is -2.46. The van der Waals surface area contributed by atoms with Crippen LogP contribution in [0.3, 0.4) is 0 Å². The Morgan fingerprint density at radius 2 is 1.67 bits per heavy atom. The van der Waals surface area contributed by atoms with E-state index in [9.17, 15) is 4.79 Å². The Balaban J connectivity index is 0.00000160. The van der Waals surface area contributed by atoms with Crippen LogP contribution in [0.4, 0.5) is 0 Å². The predicted molar refractivity (Wildman–Crippen MR) is 133 cm³/mol. The third-order valence-corrected chi connectivity index (χ3v) is 7.03. The lowest BCUT2D eigenvalue weighted by Gasteiger charge is -2.34. The van der Waals surface area contributed by atoms with Crippen LogP contribution in [-0.4, -0.2) is 47.1 Å². The van der Waals surface area contributed by atoms with Gasteiger partial charge in [0.2, 0.25) is 0 Å². The molecule has 0 unspecified atom stereocenters. The third kappa shape index (κ3) is 5.92. The van der Waals surface area contributed by atoms with Gasteiger partial charge < -0.3 is 9.47 Å². The zero-order chi connectivity index (χ0) is 19.7. The SMILES string of the molecule is Cl.Cl.Cn1c(=O)sc2cc(CCN3CCN(Cc4ccc(Cl)cc4Cl)CC3)ccc21. The smallest absolute Gasteiger partial charge is 0.302 e. The maximum Gasteiger partial charge on any atom is 0.307 e. The summed E-state index contributed by atoms with van der Waals surface area (Å²) in [5.74, 6) is 0. The molecule has 0 saturated carbocycles. The molecule has 1 aliphatic rings. The number of aromatic nitrogens is 1. The number of piperazine rings is 1. The minimum atomic E-state index is 0. The summed E-state index contributed by atoms with van der Waals surface area (Å²) in [6.07, 6.45) is 1.01. The maximum atomic E-state index is 11.8. The average Bonchev–Trinajstić information content (AvgIpc) is 2.97. The minimum absolute atomic E-state index is 0. The standard InChI is InChI=1S/C21H23Cl2N3OS.2ClH/c1-24-19-5-2-15(12-20(19)28-21(24)27)6-7-25-8-10-26(11-9-25)14-16-3-4-17(22)13-18(16)23;;/h2-5,12-13H,6-11,14H2,1H3;2*1H. The van der Waals surface area contributed by atoms with Crippen LogP contribution >= 0.6 is 59.4 Å². The Morgan fingerprint density at radius 1 is 0.967 bits per heavy atom. The Kier molecular flexibility index (Phi) is 9.50. The maximum absolute atomic E-state index is 11.8. The van der Waals surface area contributed by atoms with Crippen molar-refractivity contribution in [3.05, 3.63) is 67.2 Å². The first-order chi connectivity index (χ1) is 13.5. The monoisotopic (exact) mass is 507 g/mol. The summed E-state index contributed by atoms with van der Waals surface area (Å²) in [6.45, 7) is 6.12. The van der Waals surface area contributed by atoms with E-state index in [1.807, 2.05) is 25.2 Å². The van der Waals surface area contributed by atoms with Crippen LogP contribution < -0.4 is 4.87 Å². The van der Waals surface area contributed by atoms with Crippen molar-refractivity contribution in [1.29, 1.82) is 0 Å². The summed E-state index contributed by atoms with van der Waals surface area (Å²) < 4.78 is 2.80. The molecule has 30 heavy (non-hydrogen) atoms. The average molecular weight is 509 g/mol. The van der Waals surface area contributed by atoms with Gasteiger partial charge in [-0.2, -0.15) is 0 Å². The lowest BCUT2D eigenvalue weighted by molar-refractivity contribution is 0.128. The highest BCUT2D eigenvalue weighted by molar-refractivity contribution is 7.16. The minimum Gasteiger partial charge on any atom is -0.302 e. The summed E-state index contributed by atoms with van der Waals surface area (Å²) in [7, 11) is 1.83. The van der Waals surface area contributed by atoms with E-state index in [4.69, 9.17) is 23.2 Å². The van der Waals surface area contributed by atoms with E-state index in [1.165, 1.54) is 16.9 Å². The molecule has 164 valence electrons. The van der Waals surface area contributed by atoms with Gasteiger partial charge in [-0.25, -0.2) is 0 Å². The molecular formula is C21H25Cl4N3OS. The van der Waals surface area contributed by atoms with Crippen molar-refractivity contribution >= 4 is 69.6 Å². The van der Waals surface area contributed by atoms with Gasteiger partial charge in [0, 0.05) is 56.4 Å². The van der Waals surface area contributed by atoms with Crippen molar-refractivity contribution in [3.8, 4) is 0 Å². The first kappa shape index (κ1) is 25.5. The molecule has 0 spiro atoms. The normalized spacial score (nSPS) is 15.0. The van der Waals surface area contributed by atoms with Crippen molar-refractivity contribution in [2.45, 2.75) is 13.0 Å². The van der Waals surface area contributed by atoms with Crippen LogP contribution in [-0.2, 0) is 20.0 Å². The molecule has 9 heteroatoms. The molecule has 0 atom stereocenters. The zero-order valence-corrected chi connectivity index (χ0v) is 20.6. The van der Waals surface area contributed by atoms with Crippen LogP contribution in [0.25, 0.3) is 10.2 Å². The molecule has 4 rings (SSSR count). The van der Waals surface area contributed by atoms with E-state index in [2.05, 4.69) is 28.0 Å². The summed E-state index contributed by atoms with van der Waals surface area (Å²) >= 11 is 13.6. The second kappa shape index (κ2) is 11.2. The van der Waals surface area contributed by atoms with Gasteiger partial charge in [-0.3, -0.25) is 9.69 Å². The highest BCUT2D eigenvalue weighted by Gasteiger charge is 2.18. The predicted octanol–water partition coefficient (Wildman–Crippen LogP) is 5.11. The topological polar surface area (TPSA) is 28.5 Å². The number of fused-ring (bicyclic) bond motifs is 1. The van der Waals surface area contributed by atoms with E-state index < -0.39 is 0 Å². The molecule has 1 fully saturated rings. The Hall–Kier alpha value is -0.790. The largest absolute Gasteiger partial charge is 0.307 e. The number of thiazole rings is 1. The molecular weight excluding hydrogens is 484 g/mol. The van der Waals surface area contributed by atoms with E-state index in [0.29, 0.717) is 5.02 Å². The quantitative estimate of drug-likeness (QED) is 0.479. The van der Waals surface area contributed by atoms with E-state index in [1.54, 1.807) is 4.57 Å². The fourth-order valence-corrected chi connectivity index (χ4v) is 5.09. The Labute approximate surface area is 203 Å². The van der Waals surface area contributed by atoms with Crippen molar-refractivity contribution < 1.29 is 0 Å². The molecule has 1 aliphatic heterocycles. The van der Waals surface area contributed by atoms with Crippen LogP contribution in [0, 0.1) is 0 Å². The number of hydrogen-bond donors (Lipinski definition) is 0. The summed E-state index contributed by atoms with van der Waals surface area (Å²) in [4.78, 5) is 16.9. The number of rotatable bonds is 5. The van der Waals surface area contributed by atoms with E-state index in [-0.39, 0.29) is 29.7 Å². The fourth-order valence-electron chi connectivity index (χ4n) is 3.68. The molecule has 0 N–H and O–H groups in total. The van der Waals surface area contributed by atoms with Crippen LogP contribution in [0.15, 0.2) is 41.2 Å². The number of halogens is 4. The van der Waals surface area contributed by atoms with Crippen molar-refractivity contribution in [2.75, 3.05) is 32.7 Å². The molecule has 0 bridgehead atoms. The molecule has 0 aliphatic carbocycles. The van der Waals surface area contributed by atoms with Gasteiger partial charge in [0.1, 0.15) is 0 Å². The van der Waals surface area contributed by atoms with Gasteiger partial charge in [-0.1, -0.05) is 46.7 Å². The van der Waals surface area contributed by atoms with Gasteiger partial charge in [0.15, 0.2) is 0 Å². The third-order valence-electron chi connectivity index (χ3n) is 5.45. The summed E-state index contributed by atoms with van der Waals surface area (Å²) in [5.41, 5.74) is 3.45. The molecule has 0 amide bonds. The van der Waals surface area contributed by atoms with Crippen LogP contribution in [0.1, 0.15) is 11.1 Å².